The maximum atomic E-state index is 13.2. The molecule has 3 aromatic rings. The molecule has 0 saturated carbocycles. The monoisotopic (exact) mass is 481 g/mol. The summed E-state index contributed by atoms with van der Waals surface area (Å²) in [4.78, 5) is 29.6. The lowest BCUT2D eigenvalue weighted by Crippen LogP contribution is -2.50. The predicted octanol–water partition coefficient (Wildman–Crippen LogP) is 2.81. The first kappa shape index (κ1) is 22.4. The second-order valence-electron chi connectivity index (χ2n) is 8.21. The van der Waals surface area contributed by atoms with E-state index in [2.05, 4.69) is 10.3 Å². The van der Waals surface area contributed by atoms with E-state index in [4.69, 9.17) is 21.1 Å². The second-order valence-corrected chi connectivity index (χ2v) is 8.64. The molecule has 0 N–H and O–H groups in total. The quantitative estimate of drug-likeness (QED) is 0.569. The van der Waals surface area contributed by atoms with E-state index in [-0.39, 0.29) is 24.5 Å². The number of carbonyl (C=O) groups is 2. The van der Waals surface area contributed by atoms with Gasteiger partial charge in [-0.25, -0.2) is 4.68 Å². The largest absolute Gasteiger partial charge is 0.496 e. The van der Waals surface area contributed by atoms with Crippen molar-refractivity contribution in [3.63, 3.8) is 0 Å². The average Bonchev–Trinajstić information content (AvgIpc) is 3.31. The molecule has 10 heteroatoms. The van der Waals surface area contributed by atoms with E-state index < -0.39 is 0 Å². The topological polar surface area (TPSA) is 89.8 Å². The van der Waals surface area contributed by atoms with E-state index in [1.54, 1.807) is 32.7 Å². The van der Waals surface area contributed by atoms with E-state index in [1.807, 2.05) is 30.3 Å². The summed E-state index contributed by atoms with van der Waals surface area (Å²) < 4.78 is 13.1. The molecule has 1 fully saturated rings. The number of carbonyl (C=O) groups excluding carboxylic acids is 2. The maximum absolute atomic E-state index is 13.2. The molecule has 34 heavy (non-hydrogen) atoms. The fraction of sp³-hybridized carbons (Fsp3) is 0.333. The highest BCUT2D eigenvalue weighted by Gasteiger charge is 2.32. The Balaban J connectivity index is 1.23. The maximum Gasteiger partial charge on any atom is 0.276 e. The first-order valence-corrected chi connectivity index (χ1v) is 11.4. The van der Waals surface area contributed by atoms with E-state index in [0.717, 1.165) is 5.56 Å². The smallest absolute Gasteiger partial charge is 0.276 e. The van der Waals surface area contributed by atoms with Gasteiger partial charge < -0.3 is 19.3 Å². The lowest BCUT2D eigenvalue weighted by Gasteiger charge is -2.35. The van der Waals surface area contributed by atoms with Gasteiger partial charge in [-0.05, 0) is 23.8 Å². The highest BCUT2D eigenvalue weighted by Crippen LogP contribution is 2.28. The zero-order valence-electron chi connectivity index (χ0n) is 18.7. The lowest BCUT2D eigenvalue weighted by atomic mass is 10.1. The normalized spacial score (nSPS) is 17.9. The van der Waals surface area contributed by atoms with Crippen LogP contribution in [-0.2, 0) is 17.9 Å². The van der Waals surface area contributed by atoms with E-state index >= 15 is 0 Å². The molecule has 0 aliphatic carbocycles. The SMILES string of the molecule is COc1cc(Cl)ccc1C(=O)N1CCN(C(=O)c2nnn3c2CO[C@H](c2ccccc2)C3)CC1. The van der Waals surface area contributed by atoms with Gasteiger partial charge in [-0.2, -0.15) is 0 Å². The lowest BCUT2D eigenvalue weighted by molar-refractivity contribution is -0.00202. The van der Waals surface area contributed by atoms with Crippen LogP contribution >= 0.6 is 11.6 Å². The number of ether oxygens (including phenoxy) is 2. The fourth-order valence-corrected chi connectivity index (χ4v) is 4.48. The minimum absolute atomic E-state index is 0.127. The molecule has 1 saturated heterocycles. The van der Waals surface area contributed by atoms with E-state index in [9.17, 15) is 9.59 Å². The first-order chi connectivity index (χ1) is 16.5. The third kappa shape index (κ3) is 4.24. The van der Waals surface area contributed by atoms with Crippen molar-refractivity contribution in [1.29, 1.82) is 0 Å². The molecule has 3 heterocycles. The molecule has 2 aliphatic heterocycles. The van der Waals surface area contributed by atoms with Crippen molar-refractivity contribution in [2.45, 2.75) is 19.3 Å². The Morgan fingerprint density at radius 2 is 1.74 bits per heavy atom. The number of aromatic nitrogens is 3. The second kappa shape index (κ2) is 9.44. The zero-order valence-corrected chi connectivity index (χ0v) is 19.4. The Morgan fingerprint density at radius 3 is 2.44 bits per heavy atom. The van der Waals surface area contributed by atoms with Gasteiger partial charge in [0, 0.05) is 31.2 Å². The van der Waals surface area contributed by atoms with Gasteiger partial charge >= 0.3 is 0 Å². The third-order valence-electron chi connectivity index (χ3n) is 6.22. The number of hydrogen-bond acceptors (Lipinski definition) is 6. The summed E-state index contributed by atoms with van der Waals surface area (Å²) in [6, 6.07) is 14.9. The molecule has 1 aromatic heterocycles. The summed E-state index contributed by atoms with van der Waals surface area (Å²) in [6.45, 7) is 2.40. The summed E-state index contributed by atoms with van der Waals surface area (Å²) in [5, 5.41) is 8.87. The van der Waals surface area contributed by atoms with Crippen molar-refractivity contribution in [3.05, 3.63) is 76.1 Å². The summed E-state index contributed by atoms with van der Waals surface area (Å²) >= 11 is 6.01. The van der Waals surface area contributed by atoms with Gasteiger partial charge in [-0.3, -0.25) is 9.59 Å². The minimum Gasteiger partial charge on any atom is -0.496 e. The molecule has 176 valence electrons. The van der Waals surface area contributed by atoms with Crippen LogP contribution in [0.25, 0.3) is 0 Å². The molecule has 0 radical (unpaired) electrons. The van der Waals surface area contributed by atoms with Gasteiger partial charge in [-0.1, -0.05) is 47.1 Å². The summed E-state index contributed by atoms with van der Waals surface area (Å²) in [7, 11) is 1.50. The molecular formula is C24H24ClN5O4. The van der Waals surface area contributed by atoms with Crippen LogP contribution in [0.2, 0.25) is 5.02 Å². The number of methoxy groups -OCH3 is 1. The molecule has 0 spiro atoms. The third-order valence-corrected chi connectivity index (χ3v) is 6.45. The van der Waals surface area contributed by atoms with Crippen LogP contribution in [-0.4, -0.2) is 69.9 Å². The molecule has 5 rings (SSSR count). The van der Waals surface area contributed by atoms with Crippen molar-refractivity contribution >= 4 is 23.4 Å². The zero-order chi connectivity index (χ0) is 23.7. The Hall–Kier alpha value is -3.43. The fourth-order valence-electron chi connectivity index (χ4n) is 4.32. The molecular weight excluding hydrogens is 458 g/mol. The predicted molar refractivity (Wildman–Crippen MR) is 124 cm³/mol. The number of halogens is 1. The molecule has 2 aromatic carbocycles. The van der Waals surface area contributed by atoms with Crippen LogP contribution in [0, 0.1) is 0 Å². The van der Waals surface area contributed by atoms with Crippen LogP contribution < -0.4 is 4.74 Å². The minimum atomic E-state index is -0.195. The number of rotatable bonds is 4. The van der Waals surface area contributed by atoms with Crippen molar-refractivity contribution in [2.75, 3.05) is 33.3 Å². The van der Waals surface area contributed by atoms with Gasteiger partial charge in [0.2, 0.25) is 0 Å². The van der Waals surface area contributed by atoms with Gasteiger partial charge in [0.15, 0.2) is 5.69 Å². The molecule has 0 unspecified atom stereocenters. The van der Waals surface area contributed by atoms with Crippen molar-refractivity contribution in [1.82, 2.24) is 24.8 Å². The van der Waals surface area contributed by atoms with Gasteiger partial charge in [0.1, 0.15) is 11.9 Å². The van der Waals surface area contributed by atoms with E-state index in [0.29, 0.717) is 60.4 Å². The average molecular weight is 482 g/mol. The Morgan fingerprint density at radius 1 is 1.03 bits per heavy atom. The molecule has 2 aliphatic rings. The summed E-state index contributed by atoms with van der Waals surface area (Å²) in [5.74, 6) is 0.0849. The standard InChI is InChI=1S/C24H24ClN5O4/c1-33-20-13-17(25)7-8-18(20)23(31)28-9-11-29(12-10-28)24(32)22-19-15-34-21(14-30(19)27-26-22)16-5-3-2-4-6-16/h2-8,13,21H,9-12,14-15H2,1H3/t21-/m0/s1. The van der Waals surface area contributed by atoms with Crippen molar-refractivity contribution in [3.8, 4) is 5.75 Å². The van der Waals surface area contributed by atoms with Gasteiger partial charge in [-0.15, -0.1) is 5.10 Å². The Bertz CT molecular complexity index is 1210. The molecule has 1 atom stereocenters. The van der Waals surface area contributed by atoms with Crippen LogP contribution in [0.3, 0.4) is 0 Å². The molecule has 2 amide bonds. The van der Waals surface area contributed by atoms with Gasteiger partial charge in [0.25, 0.3) is 11.8 Å². The Labute approximate surface area is 201 Å². The van der Waals surface area contributed by atoms with Crippen LogP contribution in [0.4, 0.5) is 0 Å². The highest BCUT2D eigenvalue weighted by molar-refractivity contribution is 6.30. The van der Waals surface area contributed by atoms with Crippen molar-refractivity contribution < 1.29 is 19.1 Å². The summed E-state index contributed by atoms with van der Waals surface area (Å²) in [6.07, 6.45) is -0.127. The number of benzene rings is 2. The number of piperazine rings is 1. The molecule has 0 bridgehead atoms. The summed E-state index contributed by atoms with van der Waals surface area (Å²) in [5.41, 5.74) is 2.51. The van der Waals surface area contributed by atoms with Crippen LogP contribution in [0.1, 0.15) is 38.2 Å². The Kier molecular flexibility index (Phi) is 6.21. The van der Waals surface area contributed by atoms with Gasteiger partial charge in [0.05, 0.1) is 31.5 Å². The van der Waals surface area contributed by atoms with Crippen molar-refractivity contribution in [2.24, 2.45) is 0 Å². The highest BCUT2D eigenvalue weighted by atomic mass is 35.5. The number of fused-ring (bicyclic) bond motifs is 1. The van der Waals surface area contributed by atoms with E-state index in [1.165, 1.54) is 7.11 Å². The first-order valence-electron chi connectivity index (χ1n) is 11.1. The number of hydrogen-bond donors (Lipinski definition) is 0. The number of amides is 2. The van der Waals surface area contributed by atoms with Crippen LogP contribution in [0.15, 0.2) is 48.5 Å². The number of nitrogens with zero attached hydrogens (tertiary/aromatic N) is 5. The van der Waals surface area contributed by atoms with Crippen LogP contribution in [0.5, 0.6) is 5.75 Å². The molecule has 9 nitrogen and oxygen atoms in total.